The van der Waals surface area contributed by atoms with Gasteiger partial charge in [0, 0.05) is 5.56 Å². The number of carbonyl (C=O) groups is 1. The highest BCUT2D eigenvalue weighted by atomic mass is 19.1. The van der Waals surface area contributed by atoms with Crippen molar-refractivity contribution >= 4 is 12.1 Å². The van der Waals surface area contributed by atoms with Crippen LogP contribution in [-0.2, 0) is 0 Å². The van der Waals surface area contributed by atoms with Crippen LogP contribution in [0.25, 0.3) is 0 Å². The van der Waals surface area contributed by atoms with Crippen LogP contribution in [0.3, 0.4) is 0 Å². The zero-order chi connectivity index (χ0) is 13.0. The molecule has 0 fully saturated rings. The Kier molecular flexibility index (Phi) is 3.42. The molecule has 0 atom stereocenters. The second-order valence-corrected chi connectivity index (χ2v) is 3.42. The Hall–Kier alpha value is -2.57. The Balaban J connectivity index is 2.03. The van der Waals surface area contributed by atoms with Crippen molar-refractivity contribution in [2.45, 2.75) is 6.92 Å². The molecule has 1 amide bonds. The minimum Gasteiger partial charge on any atom is -0.265 e. The zero-order valence-corrected chi connectivity index (χ0v) is 9.42. The van der Waals surface area contributed by atoms with E-state index in [1.807, 2.05) is 0 Å². The fraction of sp³-hybridized carbons (Fsp3) is 0.0909. The molecule has 1 N–H and O–H groups in total. The number of hydrazone groups is 1. The summed E-state index contributed by atoms with van der Waals surface area (Å²) in [6, 6.07) is 6.07. The molecule has 0 aliphatic rings. The van der Waals surface area contributed by atoms with Gasteiger partial charge in [-0.2, -0.15) is 5.10 Å². The lowest BCUT2D eigenvalue weighted by molar-refractivity contribution is 0.0945. The van der Waals surface area contributed by atoms with Crippen molar-refractivity contribution < 1.29 is 13.8 Å². The fourth-order valence-electron chi connectivity index (χ4n) is 1.23. The number of hydrogen-bond acceptors (Lipinski definition) is 5. The Bertz CT molecular complexity index is 594. The molecule has 2 rings (SSSR count). The molecular weight excluding hydrogens is 239 g/mol. The number of nitrogens with zero attached hydrogens (tertiary/aromatic N) is 3. The van der Waals surface area contributed by atoms with Gasteiger partial charge in [0.2, 0.25) is 0 Å². The van der Waals surface area contributed by atoms with Gasteiger partial charge in [0.1, 0.15) is 11.5 Å². The summed E-state index contributed by atoms with van der Waals surface area (Å²) < 4.78 is 17.6. The molecule has 6 nitrogen and oxygen atoms in total. The van der Waals surface area contributed by atoms with E-state index in [2.05, 4.69) is 25.5 Å². The van der Waals surface area contributed by atoms with Crippen molar-refractivity contribution in [2.24, 2.45) is 5.10 Å². The Labute approximate surface area is 101 Å². The predicted molar refractivity (Wildman–Crippen MR) is 60.5 cm³/mol. The second-order valence-electron chi connectivity index (χ2n) is 3.42. The summed E-state index contributed by atoms with van der Waals surface area (Å²) in [5.41, 5.74) is 2.87. The van der Waals surface area contributed by atoms with Gasteiger partial charge in [-0.3, -0.25) is 4.79 Å². The quantitative estimate of drug-likeness (QED) is 0.655. The van der Waals surface area contributed by atoms with E-state index in [4.69, 9.17) is 0 Å². The molecule has 0 bridgehead atoms. The van der Waals surface area contributed by atoms with E-state index in [9.17, 15) is 9.18 Å². The average Bonchev–Trinajstić information content (AvgIpc) is 2.78. The first-order valence-corrected chi connectivity index (χ1v) is 5.05. The number of halogens is 1. The fourth-order valence-corrected chi connectivity index (χ4v) is 1.23. The van der Waals surface area contributed by atoms with E-state index < -0.39 is 11.7 Å². The topological polar surface area (TPSA) is 80.4 Å². The molecule has 0 saturated heterocycles. The first kappa shape index (κ1) is 11.9. The first-order valence-electron chi connectivity index (χ1n) is 5.05. The molecule has 0 aliphatic heterocycles. The normalized spacial score (nSPS) is 10.8. The summed E-state index contributed by atoms with van der Waals surface area (Å²) in [5.74, 6) is -0.990. The van der Waals surface area contributed by atoms with Gasteiger partial charge in [0.15, 0.2) is 5.69 Å². The van der Waals surface area contributed by atoms with Crippen molar-refractivity contribution in [1.82, 2.24) is 15.7 Å². The molecule has 18 heavy (non-hydrogen) atoms. The number of benzene rings is 1. The van der Waals surface area contributed by atoms with Gasteiger partial charge in [-0.05, 0) is 18.1 Å². The molecular formula is C11H9FN4O2. The molecule has 0 spiro atoms. The predicted octanol–water partition coefficient (Wildman–Crippen LogP) is 1.28. The highest BCUT2D eigenvalue weighted by Gasteiger charge is 2.13. The van der Waals surface area contributed by atoms with Crippen LogP contribution in [-0.4, -0.2) is 22.4 Å². The summed E-state index contributed by atoms with van der Waals surface area (Å²) >= 11 is 0. The number of hydrogen-bond donors (Lipinski definition) is 1. The van der Waals surface area contributed by atoms with Crippen LogP contribution in [0.1, 0.15) is 21.7 Å². The van der Waals surface area contributed by atoms with E-state index in [-0.39, 0.29) is 11.3 Å². The summed E-state index contributed by atoms with van der Waals surface area (Å²) in [4.78, 5) is 11.5. The Morgan fingerprint density at radius 3 is 2.89 bits per heavy atom. The van der Waals surface area contributed by atoms with E-state index in [1.54, 1.807) is 19.1 Å². The van der Waals surface area contributed by atoms with Crippen LogP contribution in [0.5, 0.6) is 0 Å². The maximum absolute atomic E-state index is 13.2. The van der Waals surface area contributed by atoms with E-state index in [0.717, 1.165) is 0 Å². The first-order chi connectivity index (χ1) is 8.68. The lowest BCUT2D eigenvalue weighted by Gasteiger charge is -1.96. The monoisotopic (exact) mass is 248 g/mol. The maximum Gasteiger partial charge on any atom is 0.295 e. The minimum absolute atomic E-state index is 0.0423. The Morgan fingerprint density at radius 2 is 2.22 bits per heavy atom. The van der Waals surface area contributed by atoms with Gasteiger partial charge in [-0.15, -0.1) is 0 Å². The summed E-state index contributed by atoms with van der Waals surface area (Å²) in [6.07, 6.45) is 1.20. The zero-order valence-electron chi connectivity index (χ0n) is 9.42. The maximum atomic E-state index is 13.2. The van der Waals surface area contributed by atoms with E-state index >= 15 is 0 Å². The number of aryl methyl sites for hydroxylation is 1. The third-order valence-corrected chi connectivity index (χ3v) is 2.14. The molecule has 0 saturated carbocycles. The van der Waals surface area contributed by atoms with Gasteiger partial charge in [0.25, 0.3) is 5.91 Å². The highest BCUT2D eigenvalue weighted by Crippen LogP contribution is 2.03. The average molecular weight is 248 g/mol. The van der Waals surface area contributed by atoms with Gasteiger partial charge in [0.05, 0.1) is 6.21 Å². The van der Waals surface area contributed by atoms with Crippen molar-refractivity contribution in [2.75, 3.05) is 0 Å². The molecule has 0 radical (unpaired) electrons. The number of aromatic nitrogens is 2. The van der Waals surface area contributed by atoms with Gasteiger partial charge >= 0.3 is 0 Å². The standard InChI is InChI=1S/C11H9FN4O2/c1-7-10(16-18-15-7)11(17)14-13-6-8-4-2-3-5-9(8)12/h2-6H,1H3,(H,14,17)/b13-6-. The van der Waals surface area contributed by atoms with Crippen LogP contribution in [0, 0.1) is 12.7 Å². The third-order valence-electron chi connectivity index (χ3n) is 2.14. The molecule has 0 aliphatic carbocycles. The van der Waals surface area contributed by atoms with Crippen molar-refractivity contribution in [3.05, 3.63) is 47.0 Å². The van der Waals surface area contributed by atoms with Crippen molar-refractivity contribution in [1.29, 1.82) is 0 Å². The molecule has 1 aromatic heterocycles. The van der Waals surface area contributed by atoms with Crippen LogP contribution >= 0.6 is 0 Å². The van der Waals surface area contributed by atoms with Crippen molar-refractivity contribution in [3.8, 4) is 0 Å². The number of nitrogens with one attached hydrogen (secondary N) is 1. The van der Waals surface area contributed by atoms with Crippen LogP contribution in [0.15, 0.2) is 34.0 Å². The molecule has 92 valence electrons. The molecule has 2 aromatic rings. The van der Waals surface area contributed by atoms with E-state index in [0.29, 0.717) is 5.69 Å². The van der Waals surface area contributed by atoms with Gasteiger partial charge < -0.3 is 0 Å². The van der Waals surface area contributed by atoms with Crippen LogP contribution in [0.2, 0.25) is 0 Å². The molecule has 7 heteroatoms. The van der Waals surface area contributed by atoms with Crippen LogP contribution in [0.4, 0.5) is 4.39 Å². The van der Waals surface area contributed by atoms with Gasteiger partial charge in [-0.1, -0.05) is 23.4 Å². The Morgan fingerprint density at radius 1 is 1.44 bits per heavy atom. The minimum atomic E-state index is -0.568. The third kappa shape index (κ3) is 2.57. The smallest absolute Gasteiger partial charge is 0.265 e. The second kappa shape index (κ2) is 5.17. The number of carbonyl (C=O) groups excluding carboxylic acids is 1. The highest BCUT2D eigenvalue weighted by molar-refractivity contribution is 5.93. The van der Waals surface area contributed by atoms with Gasteiger partial charge in [-0.25, -0.2) is 14.4 Å². The number of rotatable bonds is 3. The summed E-state index contributed by atoms with van der Waals surface area (Å²) in [7, 11) is 0. The molecule has 0 unspecified atom stereocenters. The largest absolute Gasteiger partial charge is 0.295 e. The summed E-state index contributed by atoms with van der Waals surface area (Å²) in [5, 5.41) is 10.5. The molecule has 1 heterocycles. The number of amides is 1. The lowest BCUT2D eigenvalue weighted by atomic mass is 10.2. The lowest BCUT2D eigenvalue weighted by Crippen LogP contribution is -2.19. The SMILES string of the molecule is Cc1nonc1C(=O)N/N=C\c1ccccc1F. The van der Waals surface area contributed by atoms with Crippen molar-refractivity contribution in [3.63, 3.8) is 0 Å². The summed E-state index contributed by atoms with van der Waals surface area (Å²) in [6.45, 7) is 1.58. The van der Waals surface area contributed by atoms with Crippen LogP contribution < -0.4 is 5.43 Å². The van der Waals surface area contributed by atoms with E-state index in [1.165, 1.54) is 18.3 Å². The molecule has 1 aromatic carbocycles.